The van der Waals surface area contributed by atoms with E-state index in [1.54, 1.807) is 6.92 Å². The van der Waals surface area contributed by atoms with Gasteiger partial charge in [0.15, 0.2) is 5.78 Å². The topological polar surface area (TPSA) is 30.2 Å². The number of Topliss-reactive ketones (excluding diaryl/α,β-unsaturated/α-hetero) is 1. The molecule has 1 heterocycles. The first kappa shape index (κ1) is 13.1. The molecule has 4 aliphatic rings. The summed E-state index contributed by atoms with van der Waals surface area (Å²) in [5.74, 6) is 4.76. The van der Waals surface area contributed by atoms with Crippen LogP contribution >= 0.6 is 15.9 Å². The van der Waals surface area contributed by atoms with Crippen molar-refractivity contribution in [3.63, 3.8) is 0 Å². The summed E-state index contributed by atoms with van der Waals surface area (Å²) >= 11 is 3.45. The van der Waals surface area contributed by atoms with E-state index in [1.807, 2.05) is 0 Å². The summed E-state index contributed by atoms with van der Waals surface area (Å²) in [7, 11) is 0. The van der Waals surface area contributed by atoms with E-state index in [4.69, 9.17) is 4.42 Å². The first-order chi connectivity index (χ1) is 9.59. The van der Waals surface area contributed by atoms with Crippen molar-refractivity contribution in [2.45, 2.75) is 56.2 Å². The fourth-order valence-corrected chi connectivity index (χ4v) is 5.92. The summed E-state index contributed by atoms with van der Waals surface area (Å²) in [6, 6.07) is 2.06. The molecule has 0 N–H and O–H groups in total. The van der Waals surface area contributed by atoms with E-state index in [1.165, 1.54) is 38.5 Å². The van der Waals surface area contributed by atoms with E-state index in [-0.39, 0.29) is 11.2 Å². The lowest BCUT2D eigenvalue weighted by Gasteiger charge is -2.55. The van der Waals surface area contributed by atoms with Gasteiger partial charge >= 0.3 is 0 Å². The van der Waals surface area contributed by atoms with Gasteiger partial charge in [-0.1, -0.05) is 15.9 Å². The number of hydrogen-bond acceptors (Lipinski definition) is 2. The van der Waals surface area contributed by atoms with Gasteiger partial charge in [0.25, 0.3) is 0 Å². The molecule has 20 heavy (non-hydrogen) atoms. The van der Waals surface area contributed by atoms with Crippen LogP contribution in [0.15, 0.2) is 10.5 Å². The summed E-state index contributed by atoms with van der Waals surface area (Å²) in [5, 5.41) is 0.633. The van der Waals surface area contributed by atoms with Crippen LogP contribution in [0.4, 0.5) is 0 Å². The first-order valence-electron chi connectivity index (χ1n) is 7.80. The third kappa shape index (κ3) is 1.85. The first-order valence-corrected chi connectivity index (χ1v) is 8.92. The average molecular weight is 337 g/mol. The molecule has 0 unspecified atom stereocenters. The Morgan fingerprint density at radius 2 is 1.80 bits per heavy atom. The van der Waals surface area contributed by atoms with Gasteiger partial charge in [0.2, 0.25) is 0 Å². The quantitative estimate of drug-likeness (QED) is 0.583. The molecule has 1 aromatic rings. The number of carbonyl (C=O) groups is 1. The van der Waals surface area contributed by atoms with Gasteiger partial charge in [-0.3, -0.25) is 4.79 Å². The predicted octanol–water partition coefficient (Wildman–Crippen LogP) is 4.84. The molecule has 0 amide bonds. The summed E-state index contributed by atoms with van der Waals surface area (Å²) in [5.41, 5.74) is 1.03. The fourth-order valence-electron chi connectivity index (χ4n) is 5.50. The molecule has 4 aliphatic carbocycles. The van der Waals surface area contributed by atoms with Crippen LogP contribution in [0.5, 0.6) is 0 Å². The van der Waals surface area contributed by atoms with Crippen molar-refractivity contribution in [2.24, 2.45) is 17.8 Å². The zero-order valence-corrected chi connectivity index (χ0v) is 13.5. The Kier molecular flexibility index (Phi) is 2.93. The molecule has 0 aromatic carbocycles. The van der Waals surface area contributed by atoms with Gasteiger partial charge in [-0.25, -0.2) is 0 Å². The highest BCUT2D eigenvalue weighted by atomic mass is 79.9. The van der Waals surface area contributed by atoms with Crippen LogP contribution in [-0.2, 0) is 10.7 Å². The van der Waals surface area contributed by atoms with Gasteiger partial charge in [-0.2, -0.15) is 0 Å². The lowest BCUT2D eigenvalue weighted by atomic mass is 9.49. The molecule has 0 radical (unpaired) electrons. The highest BCUT2D eigenvalue weighted by Crippen LogP contribution is 2.61. The molecule has 0 aliphatic heterocycles. The SMILES string of the molecule is CC(=O)c1cc(C23CC4CC(CC(C4)C2)C3)oc1CBr. The van der Waals surface area contributed by atoms with Crippen LogP contribution in [0.3, 0.4) is 0 Å². The second kappa shape index (κ2) is 4.46. The summed E-state index contributed by atoms with van der Waals surface area (Å²) in [4.78, 5) is 11.8. The molecule has 4 saturated carbocycles. The summed E-state index contributed by atoms with van der Waals surface area (Å²) < 4.78 is 6.14. The monoisotopic (exact) mass is 336 g/mol. The smallest absolute Gasteiger partial charge is 0.163 e. The molecule has 0 spiro atoms. The summed E-state index contributed by atoms with van der Waals surface area (Å²) in [6.45, 7) is 1.64. The van der Waals surface area contributed by atoms with Crippen LogP contribution in [-0.4, -0.2) is 5.78 Å². The number of rotatable bonds is 3. The van der Waals surface area contributed by atoms with E-state index in [0.29, 0.717) is 5.33 Å². The molecule has 2 nitrogen and oxygen atoms in total. The summed E-state index contributed by atoms with van der Waals surface area (Å²) in [6.07, 6.45) is 8.16. The highest BCUT2D eigenvalue weighted by molar-refractivity contribution is 9.08. The molecule has 108 valence electrons. The standard InChI is InChI=1S/C17H21BrO2/c1-10(19)14-5-16(20-15(14)9-18)17-6-11-2-12(7-17)4-13(3-11)8-17/h5,11-13H,2-4,6-9H2,1H3. The van der Waals surface area contributed by atoms with Crippen molar-refractivity contribution in [1.82, 2.24) is 0 Å². The molecular weight excluding hydrogens is 316 g/mol. The highest BCUT2D eigenvalue weighted by Gasteiger charge is 2.53. The van der Waals surface area contributed by atoms with E-state index in [9.17, 15) is 4.79 Å². The molecule has 1 aromatic heterocycles. The second-order valence-corrected chi connectivity index (χ2v) is 7.90. The molecule has 4 bridgehead atoms. The van der Waals surface area contributed by atoms with Crippen molar-refractivity contribution in [1.29, 1.82) is 0 Å². The van der Waals surface area contributed by atoms with Crippen LogP contribution in [0.25, 0.3) is 0 Å². The van der Waals surface area contributed by atoms with Crippen LogP contribution in [0.2, 0.25) is 0 Å². The number of alkyl halides is 1. The van der Waals surface area contributed by atoms with Crippen LogP contribution < -0.4 is 0 Å². The van der Waals surface area contributed by atoms with Gasteiger partial charge in [-0.15, -0.1) is 0 Å². The van der Waals surface area contributed by atoms with Gasteiger partial charge < -0.3 is 4.42 Å². The Morgan fingerprint density at radius 1 is 1.25 bits per heavy atom. The molecule has 0 atom stereocenters. The zero-order chi connectivity index (χ0) is 13.9. The number of carbonyl (C=O) groups excluding carboxylic acids is 1. The Labute approximate surface area is 128 Å². The average Bonchev–Trinajstić information content (AvgIpc) is 2.82. The van der Waals surface area contributed by atoms with E-state index in [0.717, 1.165) is 34.8 Å². The van der Waals surface area contributed by atoms with Crippen molar-refractivity contribution in [2.75, 3.05) is 0 Å². The van der Waals surface area contributed by atoms with E-state index < -0.39 is 0 Å². The van der Waals surface area contributed by atoms with Gasteiger partial charge in [-0.05, 0) is 69.3 Å². The molecule has 4 fully saturated rings. The maximum atomic E-state index is 11.8. The van der Waals surface area contributed by atoms with Gasteiger partial charge in [0.1, 0.15) is 11.5 Å². The second-order valence-electron chi connectivity index (χ2n) is 7.34. The van der Waals surface area contributed by atoms with Gasteiger partial charge in [0, 0.05) is 5.41 Å². The minimum atomic E-state index is 0.124. The van der Waals surface area contributed by atoms with Gasteiger partial charge in [0.05, 0.1) is 10.9 Å². The van der Waals surface area contributed by atoms with Crippen LogP contribution in [0.1, 0.15) is 67.3 Å². The lowest BCUT2D eigenvalue weighted by molar-refractivity contribution is -0.0154. The molecule has 3 heteroatoms. The Bertz CT molecular complexity index is 522. The molecule has 0 saturated heterocycles. The van der Waals surface area contributed by atoms with Crippen molar-refractivity contribution in [3.05, 3.63) is 23.2 Å². The minimum absolute atomic E-state index is 0.124. The zero-order valence-electron chi connectivity index (χ0n) is 12.0. The Balaban J connectivity index is 1.75. The maximum absolute atomic E-state index is 11.8. The van der Waals surface area contributed by atoms with Crippen molar-refractivity contribution in [3.8, 4) is 0 Å². The van der Waals surface area contributed by atoms with Crippen molar-refractivity contribution >= 4 is 21.7 Å². The number of furan rings is 1. The number of hydrogen-bond donors (Lipinski definition) is 0. The number of halogens is 1. The molecular formula is C17H21BrO2. The minimum Gasteiger partial charge on any atom is -0.464 e. The van der Waals surface area contributed by atoms with Crippen molar-refractivity contribution < 1.29 is 9.21 Å². The maximum Gasteiger partial charge on any atom is 0.163 e. The number of ketones is 1. The normalized spacial score (nSPS) is 38.4. The largest absolute Gasteiger partial charge is 0.464 e. The van der Waals surface area contributed by atoms with E-state index in [2.05, 4.69) is 22.0 Å². The third-order valence-electron chi connectivity index (χ3n) is 5.87. The Hall–Kier alpha value is -0.570. The third-order valence-corrected chi connectivity index (χ3v) is 6.38. The predicted molar refractivity (Wildman–Crippen MR) is 81.2 cm³/mol. The lowest BCUT2D eigenvalue weighted by Crippen LogP contribution is -2.48. The van der Waals surface area contributed by atoms with E-state index >= 15 is 0 Å². The molecule has 5 rings (SSSR count). The fraction of sp³-hybridized carbons (Fsp3) is 0.706. The van der Waals surface area contributed by atoms with Crippen LogP contribution in [0, 0.1) is 17.8 Å². The Morgan fingerprint density at radius 3 is 2.20 bits per heavy atom.